The van der Waals surface area contributed by atoms with Crippen molar-refractivity contribution >= 4 is 19.8 Å². The number of rotatable bonds is 38. The molecule has 0 spiro atoms. The third-order valence-corrected chi connectivity index (χ3v) is 9.39. The van der Waals surface area contributed by atoms with Gasteiger partial charge in [0, 0.05) is 12.8 Å². The van der Waals surface area contributed by atoms with E-state index in [1.165, 1.54) is 77.0 Å². The van der Waals surface area contributed by atoms with Crippen molar-refractivity contribution in [2.75, 3.05) is 26.4 Å². The highest BCUT2D eigenvalue weighted by atomic mass is 31.2. The molecule has 0 fully saturated rings. The minimum atomic E-state index is -4.63. The van der Waals surface area contributed by atoms with Gasteiger partial charge in [0.1, 0.15) is 12.7 Å². The summed E-state index contributed by atoms with van der Waals surface area (Å²) in [6.07, 6.45) is 42.0. The Bertz CT molecular complexity index is 1080. The van der Waals surface area contributed by atoms with Crippen LogP contribution in [-0.4, -0.2) is 65.7 Å². The lowest BCUT2D eigenvalue weighted by Crippen LogP contribution is -2.29. The first-order valence-corrected chi connectivity index (χ1v) is 22.2. The fourth-order valence-electron chi connectivity index (χ4n) is 5.21. The highest BCUT2D eigenvalue weighted by Crippen LogP contribution is 2.43. The summed E-state index contributed by atoms with van der Waals surface area (Å²) in [6, 6.07) is 0. The fourth-order valence-corrected chi connectivity index (χ4v) is 6.00. The molecule has 0 saturated carbocycles. The van der Waals surface area contributed by atoms with Crippen LogP contribution in [-0.2, 0) is 32.7 Å². The Kier molecular flexibility index (Phi) is 37.2. The molecule has 0 heterocycles. The van der Waals surface area contributed by atoms with Crippen molar-refractivity contribution in [3.05, 3.63) is 60.8 Å². The number of hydrogen-bond acceptors (Lipinski definition) is 9. The molecule has 0 bridgehead atoms. The lowest BCUT2D eigenvalue weighted by atomic mass is 10.0. The first-order valence-electron chi connectivity index (χ1n) is 20.7. The van der Waals surface area contributed by atoms with Gasteiger partial charge in [-0.15, -0.1) is 0 Å². The number of carbonyl (C=O) groups is 2. The second-order valence-corrected chi connectivity index (χ2v) is 15.1. The lowest BCUT2D eigenvalue weighted by Gasteiger charge is -2.20. The Morgan fingerprint density at radius 2 is 1.00 bits per heavy atom. The van der Waals surface area contributed by atoms with Gasteiger partial charge < -0.3 is 24.6 Å². The van der Waals surface area contributed by atoms with Crippen LogP contribution in [0.3, 0.4) is 0 Å². The monoisotopic (exact) mass is 783 g/mol. The predicted octanol–water partition coefficient (Wildman–Crippen LogP) is 10.7. The van der Waals surface area contributed by atoms with Crippen LogP contribution in [0.1, 0.15) is 162 Å². The number of phosphoric ester groups is 1. The van der Waals surface area contributed by atoms with Crippen molar-refractivity contribution in [1.82, 2.24) is 0 Å². The van der Waals surface area contributed by atoms with Crippen LogP contribution in [0.2, 0.25) is 0 Å². The summed E-state index contributed by atoms with van der Waals surface area (Å²) in [4.78, 5) is 34.9. The second-order valence-electron chi connectivity index (χ2n) is 13.7. The van der Waals surface area contributed by atoms with Gasteiger partial charge in [0.15, 0.2) is 6.10 Å². The number of aliphatic hydroxyl groups is 2. The van der Waals surface area contributed by atoms with E-state index in [4.69, 9.17) is 19.1 Å². The van der Waals surface area contributed by atoms with Crippen molar-refractivity contribution < 1.29 is 47.8 Å². The molecule has 0 rings (SSSR count). The van der Waals surface area contributed by atoms with Crippen LogP contribution in [0.25, 0.3) is 0 Å². The summed E-state index contributed by atoms with van der Waals surface area (Å²) in [5.74, 6) is -1.02. The van der Waals surface area contributed by atoms with Gasteiger partial charge in [-0.3, -0.25) is 18.6 Å². The van der Waals surface area contributed by atoms with Crippen molar-refractivity contribution in [2.24, 2.45) is 0 Å². The quantitative estimate of drug-likeness (QED) is 0.0239. The van der Waals surface area contributed by atoms with Gasteiger partial charge in [0.2, 0.25) is 0 Å². The number of unbranched alkanes of at least 4 members (excludes halogenated alkanes) is 14. The summed E-state index contributed by atoms with van der Waals surface area (Å²) >= 11 is 0. The molecule has 10 nitrogen and oxygen atoms in total. The number of ether oxygens (including phenoxy) is 2. The maximum Gasteiger partial charge on any atom is 0.472 e. The zero-order chi connectivity index (χ0) is 39.8. The summed E-state index contributed by atoms with van der Waals surface area (Å²) in [5, 5.41) is 18.3. The van der Waals surface area contributed by atoms with Gasteiger partial charge in [-0.25, -0.2) is 4.57 Å². The van der Waals surface area contributed by atoms with Gasteiger partial charge in [-0.1, -0.05) is 158 Å². The Morgan fingerprint density at radius 3 is 1.52 bits per heavy atom. The number of allylic oxidation sites excluding steroid dienone is 10. The van der Waals surface area contributed by atoms with Crippen LogP contribution >= 0.6 is 7.82 Å². The molecule has 54 heavy (non-hydrogen) atoms. The van der Waals surface area contributed by atoms with Gasteiger partial charge in [0.05, 0.1) is 19.8 Å². The van der Waals surface area contributed by atoms with Gasteiger partial charge in [0.25, 0.3) is 0 Å². The van der Waals surface area contributed by atoms with Crippen molar-refractivity contribution in [1.29, 1.82) is 0 Å². The zero-order valence-electron chi connectivity index (χ0n) is 33.7. The maximum absolute atomic E-state index is 12.6. The third kappa shape index (κ3) is 38.0. The molecular formula is C43H75O10P. The first kappa shape index (κ1) is 51.7. The molecule has 0 saturated heterocycles. The Hall–Kier alpha value is -2.33. The Morgan fingerprint density at radius 1 is 0.556 bits per heavy atom. The highest BCUT2D eigenvalue weighted by molar-refractivity contribution is 7.47. The van der Waals surface area contributed by atoms with Crippen molar-refractivity contribution in [3.63, 3.8) is 0 Å². The normalized spacial score (nSPS) is 14.5. The molecule has 0 aliphatic heterocycles. The number of hydrogen-bond donors (Lipinski definition) is 3. The van der Waals surface area contributed by atoms with E-state index in [0.29, 0.717) is 12.8 Å². The Labute approximate surface area is 327 Å². The predicted molar refractivity (Wildman–Crippen MR) is 219 cm³/mol. The average molecular weight is 783 g/mol. The molecule has 312 valence electrons. The van der Waals surface area contributed by atoms with Crippen molar-refractivity contribution in [2.45, 2.75) is 174 Å². The molecule has 1 unspecified atom stereocenters. The van der Waals surface area contributed by atoms with E-state index in [1.807, 2.05) is 12.2 Å². The van der Waals surface area contributed by atoms with E-state index in [9.17, 15) is 24.2 Å². The maximum atomic E-state index is 12.6. The van der Waals surface area contributed by atoms with E-state index in [1.54, 1.807) is 0 Å². The number of carbonyl (C=O) groups excluding carboxylic acids is 2. The van der Waals surface area contributed by atoms with E-state index in [-0.39, 0.29) is 19.4 Å². The van der Waals surface area contributed by atoms with Crippen LogP contribution in [0.15, 0.2) is 60.8 Å². The molecule has 0 radical (unpaired) electrons. The first-order chi connectivity index (χ1) is 26.2. The fraction of sp³-hybridized carbons (Fsp3) is 0.721. The van der Waals surface area contributed by atoms with Gasteiger partial charge >= 0.3 is 19.8 Å². The van der Waals surface area contributed by atoms with Gasteiger partial charge in [-0.05, 0) is 51.4 Å². The number of aliphatic hydroxyl groups excluding tert-OH is 2. The summed E-state index contributed by atoms with van der Waals surface area (Å²) in [6.45, 7) is 2.25. The van der Waals surface area contributed by atoms with E-state index in [0.717, 1.165) is 44.9 Å². The SMILES string of the molecule is CCCCC/C=C/C/C=C/C/C=C/C/C=C/C/C=C/CCC(=O)O[C@H](COC(=O)CCCCCCCCCCCCCC)COP(=O)(O)OC[C@@H](O)CO. The molecule has 11 heteroatoms. The van der Waals surface area contributed by atoms with E-state index >= 15 is 0 Å². The van der Waals surface area contributed by atoms with Crippen LogP contribution in [0.4, 0.5) is 0 Å². The standard InChI is InChI=1S/C43H75O10P/c1-3-5-7-9-11-13-15-17-18-19-20-21-22-23-25-27-29-31-33-35-43(47)53-41(39-52-54(48,49)51-37-40(45)36-44)38-50-42(46)34-32-30-28-26-24-16-14-12-10-8-6-4-2/h11,13,17-18,20-21,23,25,29,31,40-41,44-45H,3-10,12,14-16,19,22,24,26-28,30,32-39H2,1-2H3,(H,48,49)/b13-11+,18-17+,21-20+,25-23+,31-29+/t40-,41+/m0/s1. The molecule has 0 amide bonds. The molecule has 0 aliphatic rings. The zero-order valence-corrected chi connectivity index (χ0v) is 34.6. The molecule has 3 N–H and O–H groups in total. The molecule has 0 aromatic heterocycles. The molecule has 0 aromatic carbocycles. The van der Waals surface area contributed by atoms with Gasteiger partial charge in [-0.2, -0.15) is 0 Å². The molecule has 0 aliphatic carbocycles. The van der Waals surface area contributed by atoms with E-state index in [2.05, 4.69) is 67.0 Å². The number of esters is 2. The number of phosphoric acid groups is 1. The molecule has 0 aromatic rings. The largest absolute Gasteiger partial charge is 0.472 e. The minimum absolute atomic E-state index is 0.0599. The van der Waals surface area contributed by atoms with Crippen molar-refractivity contribution in [3.8, 4) is 0 Å². The third-order valence-electron chi connectivity index (χ3n) is 8.44. The van der Waals surface area contributed by atoms with Crippen LogP contribution in [0, 0.1) is 0 Å². The second kappa shape index (κ2) is 38.9. The summed E-state index contributed by atoms with van der Waals surface area (Å²) in [7, 11) is -4.63. The lowest BCUT2D eigenvalue weighted by molar-refractivity contribution is -0.161. The molecule has 3 atom stereocenters. The molecular weight excluding hydrogens is 707 g/mol. The van der Waals surface area contributed by atoms with Crippen LogP contribution in [0.5, 0.6) is 0 Å². The highest BCUT2D eigenvalue weighted by Gasteiger charge is 2.27. The van der Waals surface area contributed by atoms with Crippen LogP contribution < -0.4 is 0 Å². The summed E-state index contributed by atoms with van der Waals surface area (Å²) < 4.78 is 32.5. The average Bonchev–Trinajstić information content (AvgIpc) is 3.16. The minimum Gasteiger partial charge on any atom is -0.462 e. The topological polar surface area (TPSA) is 149 Å². The van der Waals surface area contributed by atoms with E-state index < -0.39 is 51.8 Å². The smallest absolute Gasteiger partial charge is 0.462 e. The Balaban J connectivity index is 4.46. The summed E-state index contributed by atoms with van der Waals surface area (Å²) in [5.41, 5.74) is 0.